The van der Waals surface area contributed by atoms with Crippen molar-refractivity contribution in [2.45, 2.75) is 0 Å². The lowest BCUT2D eigenvalue weighted by Gasteiger charge is -2.05. The molecule has 1 heterocycles. The van der Waals surface area contributed by atoms with Crippen LogP contribution in [0, 0.1) is 11.3 Å². The zero-order valence-corrected chi connectivity index (χ0v) is 9.91. The second kappa shape index (κ2) is 3.90. The summed E-state index contributed by atoms with van der Waals surface area (Å²) >= 11 is 0. The maximum absolute atomic E-state index is 12.3. The molecule has 98 valence electrons. The molecule has 6 heteroatoms. The Morgan fingerprint density at radius 3 is 2.50 bits per heavy atom. The minimum absolute atomic E-state index is 0.0101. The van der Waals surface area contributed by atoms with E-state index in [9.17, 15) is 20.1 Å². The van der Waals surface area contributed by atoms with Crippen molar-refractivity contribution in [3.05, 3.63) is 40.1 Å². The highest BCUT2D eigenvalue weighted by atomic mass is 16.3. The van der Waals surface area contributed by atoms with Gasteiger partial charge >= 0.3 is 0 Å². The van der Waals surface area contributed by atoms with E-state index in [0.29, 0.717) is 0 Å². The van der Waals surface area contributed by atoms with Crippen LogP contribution < -0.4 is 5.43 Å². The first kappa shape index (κ1) is 11.9. The molecule has 0 fully saturated rings. The van der Waals surface area contributed by atoms with Crippen molar-refractivity contribution in [1.29, 1.82) is 5.26 Å². The summed E-state index contributed by atoms with van der Waals surface area (Å²) in [6.45, 7) is 0. The molecule has 2 aromatic carbocycles. The molecule has 0 aliphatic heterocycles. The van der Waals surface area contributed by atoms with Crippen LogP contribution in [0.15, 0.2) is 33.5 Å². The van der Waals surface area contributed by atoms with E-state index in [2.05, 4.69) is 0 Å². The molecule has 0 amide bonds. The van der Waals surface area contributed by atoms with Gasteiger partial charge in [0.15, 0.2) is 0 Å². The molecule has 20 heavy (non-hydrogen) atoms. The Kier molecular flexibility index (Phi) is 2.31. The van der Waals surface area contributed by atoms with E-state index in [1.807, 2.05) is 0 Å². The summed E-state index contributed by atoms with van der Waals surface area (Å²) in [6, 6.07) is 6.62. The fraction of sp³-hybridized carbons (Fsp3) is 0. The van der Waals surface area contributed by atoms with E-state index >= 15 is 0 Å². The summed E-state index contributed by atoms with van der Waals surface area (Å²) in [5.74, 6) is -1.21. The average molecular weight is 269 g/mol. The van der Waals surface area contributed by atoms with E-state index in [1.54, 1.807) is 6.07 Å². The van der Waals surface area contributed by atoms with Crippen LogP contribution in [0.2, 0.25) is 0 Å². The van der Waals surface area contributed by atoms with Gasteiger partial charge in [0.1, 0.15) is 45.3 Å². The number of nitriles is 1. The maximum Gasteiger partial charge on any atom is 0.208 e. The smallest absolute Gasteiger partial charge is 0.208 e. The molecule has 3 N–H and O–H groups in total. The minimum Gasteiger partial charge on any atom is -0.508 e. The molecule has 6 nitrogen and oxygen atoms in total. The van der Waals surface area contributed by atoms with Crippen molar-refractivity contribution in [2.24, 2.45) is 0 Å². The molecule has 0 atom stereocenters. The molecule has 0 bridgehead atoms. The first-order valence-electron chi connectivity index (χ1n) is 5.57. The number of nitrogens with zero attached hydrogens (tertiary/aromatic N) is 1. The van der Waals surface area contributed by atoms with Crippen LogP contribution in [0.5, 0.6) is 17.2 Å². The van der Waals surface area contributed by atoms with Crippen LogP contribution in [0.1, 0.15) is 5.56 Å². The zero-order valence-electron chi connectivity index (χ0n) is 9.91. The fourth-order valence-corrected chi connectivity index (χ4v) is 2.11. The number of fused-ring (bicyclic) bond motifs is 2. The van der Waals surface area contributed by atoms with Gasteiger partial charge in [-0.25, -0.2) is 0 Å². The van der Waals surface area contributed by atoms with Crippen LogP contribution in [0.25, 0.3) is 21.9 Å². The molecule has 0 aliphatic rings. The Labute approximate surface area is 111 Å². The SMILES string of the molecule is N#Cc1ccc2oc3cc(O)cc(O)c3c(=O)c2c1O. The second-order valence-corrected chi connectivity index (χ2v) is 4.22. The predicted molar refractivity (Wildman–Crippen MR) is 69.7 cm³/mol. The monoisotopic (exact) mass is 269 g/mol. The first-order chi connectivity index (χ1) is 9.52. The minimum atomic E-state index is -0.673. The van der Waals surface area contributed by atoms with Gasteiger partial charge in [0, 0.05) is 12.1 Å². The summed E-state index contributed by atoms with van der Waals surface area (Å²) in [7, 11) is 0. The van der Waals surface area contributed by atoms with Crippen LogP contribution in [-0.2, 0) is 0 Å². The van der Waals surface area contributed by atoms with Gasteiger partial charge in [-0.3, -0.25) is 4.79 Å². The van der Waals surface area contributed by atoms with E-state index in [-0.39, 0.29) is 33.3 Å². The van der Waals surface area contributed by atoms with Gasteiger partial charge in [0.2, 0.25) is 5.43 Å². The van der Waals surface area contributed by atoms with Gasteiger partial charge in [-0.1, -0.05) is 0 Å². The van der Waals surface area contributed by atoms with Crippen molar-refractivity contribution in [3.63, 3.8) is 0 Å². The molecule has 3 aromatic rings. The molecule has 3 rings (SSSR count). The van der Waals surface area contributed by atoms with E-state index in [4.69, 9.17) is 9.68 Å². The normalized spacial score (nSPS) is 10.8. The highest BCUT2D eigenvalue weighted by Crippen LogP contribution is 2.33. The predicted octanol–water partition coefficient (Wildman–Crippen LogP) is 1.93. The van der Waals surface area contributed by atoms with E-state index < -0.39 is 16.9 Å². The van der Waals surface area contributed by atoms with Gasteiger partial charge in [-0.05, 0) is 12.1 Å². The van der Waals surface area contributed by atoms with Gasteiger partial charge in [-0.2, -0.15) is 5.26 Å². The molecule has 0 spiro atoms. The summed E-state index contributed by atoms with van der Waals surface area (Å²) < 4.78 is 5.38. The topological polar surface area (TPSA) is 115 Å². The highest BCUT2D eigenvalue weighted by Gasteiger charge is 2.17. The standard InChI is InChI=1S/C14H7NO5/c15-5-6-1-2-9-12(13(6)18)14(19)11-8(17)3-7(16)4-10(11)20-9/h1-4,16-18H. The Hall–Kier alpha value is -3.20. The van der Waals surface area contributed by atoms with Crippen LogP contribution in [-0.4, -0.2) is 15.3 Å². The van der Waals surface area contributed by atoms with Gasteiger partial charge in [0.05, 0.1) is 5.56 Å². The van der Waals surface area contributed by atoms with Crippen molar-refractivity contribution >= 4 is 21.9 Å². The second-order valence-electron chi connectivity index (χ2n) is 4.22. The van der Waals surface area contributed by atoms with Gasteiger partial charge in [0.25, 0.3) is 0 Å². The van der Waals surface area contributed by atoms with Crippen molar-refractivity contribution in [2.75, 3.05) is 0 Å². The third kappa shape index (κ3) is 1.47. The molecule has 0 saturated heterocycles. The van der Waals surface area contributed by atoms with Crippen molar-refractivity contribution in [3.8, 4) is 23.3 Å². The van der Waals surface area contributed by atoms with Crippen LogP contribution >= 0.6 is 0 Å². The quantitative estimate of drug-likeness (QED) is 0.537. The highest BCUT2D eigenvalue weighted by molar-refractivity contribution is 5.97. The largest absolute Gasteiger partial charge is 0.508 e. The van der Waals surface area contributed by atoms with Gasteiger partial charge in [-0.15, -0.1) is 0 Å². The maximum atomic E-state index is 12.3. The molecular formula is C14H7NO5. The third-order valence-corrected chi connectivity index (χ3v) is 3.00. The van der Waals surface area contributed by atoms with Crippen molar-refractivity contribution in [1.82, 2.24) is 0 Å². The molecule has 0 saturated carbocycles. The van der Waals surface area contributed by atoms with Crippen LogP contribution in [0.3, 0.4) is 0 Å². The van der Waals surface area contributed by atoms with Crippen molar-refractivity contribution < 1.29 is 19.7 Å². The summed E-state index contributed by atoms with van der Waals surface area (Å²) in [5, 5.41) is 37.6. The lowest BCUT2D eigenvalue weighted by molar-refractivity contribution is 0.453. The number of benzene rings is 2. The van der Waals surface area contributed by atoms with Gasteiger partial charge < -0.3 is 19.7 Å². The number of hydrogen-bond donors (Lipinski definition) is 3. The number of aromatic hydroxyl groups is 3. The first-order valence-corrected chi connectivity index (χ1v) is 5.57. The molecule has 1 aromatic heterocycles. The Balaban J connectivity index is 2.63. The number of rotatable bonds is 0. The molecule has 0 aliphatic carbocycles. The molecule has 0 radical (unpaired) electrons. The Morgan fingerprint density at radius 1 is 1.05 bits per heavy atom. The number of hydrogen-bond acceptors (Lipinski definition) is 6. The summed E-state index contributed by atoms with van der Waals surface area (Å²) in [5.41, 5.74) is -0.691. The average Bonchev–Trinajstić information content (AvgIpc) is 2.37. The summed E-state index contributed by atoms with van der Waals surface area (Å²) in [6.07, 6.45) is 0. The molecular weight excluding hydrogens is 262 g/mol. The lowest BCUT2D eigenvalue weighted by atomic mass is 10.1. The zero-order chi connectivity index (χ0) is 14.4. The number of phenolic OH excluding ortho intramolecular Hbond substituents is 3. The molecule has 0 unspecified atom stereocenters. The lowest BCUT2D eigenvalue weighted by Crippen LogP contribution is -2.03. The fourth-order valence-electron chi connectivity index (χ4n) is 2.11. The van der Waals surface area contributed by atoms with E-state index in [0.717, 1.165) is 6.07 Å². The van der Waals surface area contributed by atoms with Crippen LogP contribution in [0.4, 0.5) is 0 Å². The Bertz CT molecular complexity index is 965. The third-order valence-electron chi connectivity index (χ3n) is 3.00. The number of phenols is 3. The van der Waals surface area contributed by atoms with E-state index in [1.165, 1.54) is 18.2 Å². The summed E-state index contributed by atoms with van der Waals surface area (Å²) in [4.78, 5) is 12.3. The Morgan fingerprint density at radius 2 is 1.80 bits per heavy atom.